The molecule has 0 aromatic heterocycles. The Morgan fingerprint density at radius 1 is 0.893 bits per heavy atom. The van der Waals surface area contributed by atoms with Crippen LogP contribution in [0.15, 0.2) is 84.9 Å². The first-order valence-corrected chi connectivity index (χ1v) is 9.89. The second-order valence-electron chi connectivity index (χ2n) is 7.38. The van der Waals surface area contributed by atoms with Crippen molar-refractivity contribution in [1.29, 1.82) is 0 Å². The molecule has 1 heterocycles. The molecule has 0 aliphatic carbocycles. The molecule has 1 aliphatic rings. The molecular formula is C25H25NO2. The lowest BCUT2D eigenvalue weighted by molar-refractivity contribution is -0.105. The van der Waals surface area contributed by atoms with Crippen LogP contribution in [0.5, 0.6) is 0 Å². The number of hydrogen-bond donors (Lipinski definition) is 1. The second-order valence-corrected chi connectivity index (χ2v) is 7.38. The molecule has 3 nitrogen and oxygen atoms in total. The van der Waals surface area contributed by atoms with Crippen LogP contribution in [0.3, 0.4) is 0 Å². The zero-order chi connectivity index (χ0) is 19.6. The summed E-state index contributed by atoms with van der Waals surface area (Å²) in [7, 11) is 0. The fourth-order valence-corrected chi connectivity index (χ4v) is 4.34. The summed E-state index contributed by atoms with van der Waals surface area (Å²) in [6.07, 6.45) is 1.43. The first kappa shape index (κ1) is 18.5. The lowest BCUT2D eigenvalue weighted by atomic mass is 9.79. The van der Waals surface area contributed by atoms with Crippen LogP contribution in [0.4, 0.5) is 0 Å². The van der Waals surface area contributed by atoms with Gasteiger partial charge in [0, 0.05) is 23.6 Å². The number of amides is 1. The molecule has 2 atom stereocenters. The minimum atomic E-state index is -1.37. The Kier molecular flexibility index (Phi) is 5.01. The topological polar surface area (TPSA) is 40.5 Å². The van der Waals surface area contributed by atoms with Crippen molar-refractivity contribution in [3.63, 3.8) is 0 Å². The molecule has 0 fully saturated rings. The highest BCUT2D eigenvalue weighted by atomic mass is 16.3. The molecule has 3 aromatic rings. The van der Waals surface area contributed by atoms with E-state index < -0.39 is 5.72 Å². The van der Waals surface area contributed by atoms with Gasteiger partial charge in [-0.1, -0.05) is 85.8 Å². The van der Waals surface area contributed by atoms with Gasteiger partial charge in [-0.15, -0.1) is 0 Å². The second kappa shape index (κ2) is 7.61. The van der Waals surface area contributed by atoms with E-state index in [2.05, 4.69) is 12.1 Å². The average Bonchev–Trinajstić information content (AvgIpc) is 2.96. The van der Waals surface area contributed by atoms with Gasteiger partial charge in [0.2, 0.25) is 0 Å². The van der Waals surface area contributed by atoms with Gasteiger partial charge in [0.25, 0.3) is 5.91 Å². The number of carbonyl (C=O) groups is 1. The van der Waals surface area contributed by atoms with Crippen LogP contribution >= 0.6 is 0 Å². The Labute approximate surface area is 166 Å². The summed E-state index contributed by atoms with van der Waals surface area (Å²) >= 11 is 0. The number of aliphatic hydroxyl groups is 1. The van der Waals surface area contributed by atoms with Gasteiger partial charge in [0.15, 0.2) is 5.72 Å². The van der Waals surface area contributed by atoms with Crippen LogP contribution in [0.1, 0.15) is 46.3 Å². The third kappa shape index (κ3) is 3.02. The van der Waals surface area contributed by atoms with Crippen LogP contribution in [0.25, 0.3) is 0 Å². The van der Waals surface area contributed by atoms with Crippen molar-refractivity contribution < 1.29 is 9.90 Å². The molecule has 0 spiro atoms. The molecule has 0 saturated carbocycles. The molecule has 0 radical (unpaired) electrons. The van der Waals surface area contributed by atoms with Crippen LogP contribution in [-0.2, 0) is 12.1 Å². The Bertz CT molecular complexity index is 955. The van der Waals surface area contributed by atoms with Crippen LogP contribution in [0.2, 0.25) is 0 Å². The molecule has 1 amide bonds. The van der Waals surface area contributed by atoms with E-state index in [1.807, 2.05) is 79.7 Å². The molecule has 1 aliphatic heterocycles. The minimum Gasteiger partial charge on any atom is -0.366 e. The zero-order valence-electron chi connectivity index (χ0n) is 16.1. The summed E-state index contributed by atoms with van der Waals surface area (Å²) in [5, 5.41) is 12.2. The molecule has 142 valence electrons. The maximum Gasteiger partial charge on any atom is 0.256 e. The molecule has 28 heavy (non-hydrogen) atoms. The van der Waals surface area contributed by atoms with E-state index in [1.54, 1.807) is 4.90 Å². The average molecular weight is 371 g/mol. The summed E-state index contributed by atoms with van der Waals surface area (Å²) in [5.41, 5.74) is 2.10. The van der Waals surface area contributed by atoms with Gasteiger partial charge in [-0.05, 0) is 30.0 Å². The van der Waals surface area contributed by atoms with Crippen molar-refractivity contribution in [2.24, 2.45) is 0 Å². The van der Waals surface area contributed by atoms with Crippen molar-refractivity contribution in [3.05, 3.63) is 107 Å². The number of benzene rings is 3. The van der Waals surface area contributed by atoms with Gasteiger partial charge < -0.3 is 10.0 Å². The molecule has 0 saturated heterocycles. The SMILES string of the molecule is CCCN1C(=O)c2ccccc2[C@]1(O)[C@@H](Cc1ccccc1)c1ccccc1. The highest BCUT2D eigenvalue weighted by Crippen LogP contribution is 2.48. The van der Waals surface area contributed by atoms with Crippen molar-refractivity contribution in [2.45, 2.75) is 31.4 Å². The molecule has 1 N–H and O–H groups in total. The van der Waals surface area contributed by atoms with E-state index >= 15 is 0 Å². The quantitative estimate of drug-likeness (QED) is 0.681. The summed E-state index contributed by atoms with van der Waals surface area (Å²) < 4.78 is 0. The van der Waals surface area contributed by atoms with E-state index in [-0.39, 0.29) is 11.8 Å². The van der Waals surface area contributed by atoms with Gasteiger partial charge in [-0.25, -0.2) is 0 Å². The predicted octanol–water partition coefficient (Wildman–Crippen LogP) is 4.72. The first-order chi connectivity index (χ1) is 13.7. The maximum atomic E-state index is 13.2. The Morgan fingerprint density at radius 2 is 1.50 bits per heavy atom. The van der Waals surface area contributed by atoms with Gasteiger partial charge in [0.1, 0.15) is 0 Å². The Balaban J connectivity index is 1.89. The summed E-state index contributed by atoms with van der Waals surface area (Å²) in [6, 6.07) is 27.7. The van der Waals surface area contributed by atoms with Crippen molar-refractivity contribution >= 4 is 5.91 Å². The van der Waals surface area contributed by atoms with Gasteiger partial charge in [-0.2, -0.15) is 0 Å². The third-order valence-electron chi connectivity index (χ3n) is 5.63. The molecule has 0 unspecified atom stereocenters. The highest BCUT2D eigenvalue weighted by molar-refractivity contribution is 5.99. The maximum absolute atomic E-state index is 13.2. The van der Waals surface area contributed by atoms with Crippen LogP contribution in [-0.4, -0.2) is 22.5 Å². The summed E-state index contributed by atoms with van der Waals surface area (Å²) in [4.78, 5) is 14.8. The van der Waals surface area contributed by atoms with Crippen molar-refractivity contribution in [2.75, 3.05) is 6.54 Å². The van der Waals surface area contributed by atoms with Crippen LogP contribution in [0, 0.1) is 0 Å². The number of nitrogens with zero attached hydrogens (tertiary/aromatic N) is 1. The van der Waals surface area contributed by atoms with E-state index in [9.17, 15) is 9.90 Å². The molecule has 3 aromatic carbocycles. The summed E-state index contributed by atoms with van der Waals surface area (Å²) in [5.74, 6) is -0.357. The standard InChI is InChI=1S/C25H25NO2/c1-2-17-26-24(27)21-15-9-10-16-22(21)25(26,28)23(20-13-7-4-8-14-20)18-19-11-5-3-6-12-19/h3-16,23,28H,2,17-18H2,1H3/t23-,25-/m0/s1. The lowest BCUT2D eigenvalue weighted by Crippen LogP contribution is -2.49. The third-order valence-corrected chi connectivity index (χ3v) is 5.63. The summed E-state index contributed by atoms with van der Waals surface area (Å²) in [6.45, 7) is 2.55. The van der Waals surface area contributed by atoms with E-state index in [4.69, 9.17) is 0 Å². The molecular weight excluding hydrogens is 346 g/mol. The largest absolute Gasteiger partial charge is 0.366 e. The van der Waals surface area contributed by atoms with Crippen molar-refractivity contribution in [1.82, 2.24) is 4.90 Å². The molecule has 4 rings (SSSR count). The van der Waals surface area contributed by atoms with Gasteiger partial charge in [0.05, 0.1) is 0 Å². The number of fused-ring (bicyclic) bond motifs is 1. The van der Waals surface area contributed by atoms with Gasteiger partial charge in [-0.3, -0.25) is 4.79 Å². The number of hydrogen-bond acceptors (Lipinski definition) is 2. The number of carbonyl (C=O) groups excluding carboxylic acids is 1. The Morgan fingerprint density at radius 3 is 2.18 bits per heavy atom. The minimum absolute atomic E-state index is 0.0889. The monoisotopic (exact) mass is 371 g/mol. The molecule has 3 heteroatoms. The van der Waals surface area contributed by atoms with E-state index in [1.165, 1.54) is 0 Å². The van der Waals surface area contributed by atoms with Crippen LogP contribution < -0.4 is 0 Å². The first-order valence-electron chi connectivity index (χ1n) is 9.89. The Hall–Kier alpha value is -2.91. The normalized spacial score (nSPS) is 19.5. The molecule has 0 bridgehead atoms. The zero-order valence-corrected chi connectivity index (χ0v) is 16.1. The smallest absolute Gasteiger partial charge is 0.256 e. The number of rotatable bonds is 6. The fourth-order valence-electron chi connectivity index (χ4n) is 4.34. The predicted molar refractivity (Wildman–Crippen MR) is 111 cm³/mol. The highest BCUT2D eigenvalue weighted by Gasteiger charge is 2.53. The fraction of sp³-hybridized carbons (Fsp3) is 0.240. The van der Waals surface area contributed by atoms with E-state index in [0.29, 0.717) is 24.1 Å². The van der Waals surface area contributed by atoms with E-state index in [0.717, 1.165) is 17.5 Å². The van der Waals surface area contributed by atoms with Gasteiger partial charge >= 0.3 is 0 Å². The van der Waals surface area contributed by atoms with Crippen molar-refractivity contribution in [3.8, 4) is 0 Å². The lowest BCUT2D eigenvalue weighted by Gasteiger charge is -2.41.